The van der Waals surface area contributed by atoms with Crippen molar-refractivity contribution in [2.24, 2.45) is 5.92 Å². The molecule has 3 nitrogen and oxygen atoms in total. The van der Waals surface area contributed by atoms with Crippen molar-refractivity contribution in [3.8, 4) is 6.07 Å². The van der Waals surface area contributed by atoms with Gasteiger partial charge in [0.2, 0.25) is 0 Å². The molecule has 0 saturated carbocycles. The first-order valence-electron chi connectivity index (χ1n) is 5.62. The first-order chi connectivity index (χ1) is 6.77. The minimum atomic E-state index is 0.0573. The zero-order valence-corrected chi connectivity index (χ0v) is 9.29. The molecule has 0 bridgehead atoms. The molecule has 0 amide bonds. The van der Waals surface area contributed by atoms with E-state index < -0.39 is 0 Å². The van der Waals surface area contributed by atoms with Crippen LogP contribution >= 0.6 is 0 Å². The molecule has 0 aromatic carbocycles. The van der Waals surface area contributed by atoms with Crippen molar-refractivity contribution >= 4 is 0 Å². The molecule has 0 aliphatic carbocycles. The van der Waals surface area contributed by atoms with Crippen LogP contribution < -0.4 is 5.32 Å². The molecule has 1 N–H and O–H groups in total. The number of hydrogen-bond acceptors (Lipinski definition) is 3. The number of hydrogen-bond donors (Lipinski definition) is 1. The highest BCUT2D eigenvalue weighted by atomic mass is 15.1. The molecule has 3 heteroatoms. The van der Waals surface area contributed by atoms with Crippen LogP contribution in [0.3, 0.4) is 0 Å². The first-order valence-corrected chi connectivity index (χ1v) is 5.62. The number of nitrogens with zero attached hydrogens (tertiary/aromatic N) is 2. The van der Waals surface area contributed by atoms with Crippen molar-refractivity contribution in [1.29, 1.82) is 5.26 Å². The summed E-state index contributed by atoms with van der Waals surface area (Å²) in [6, 6.07) is 2.37. The van der Waals surface area contributed by atoms with Crippen molar-refractivity contribution in [3.63, 3.8) is 0 Å². The van der Waals surface area contributed by atoms with E-state index in [1.165, 1.54) is 12.8 Å². The molecule has 1 heterocycles. The van der Waals surface area contributed by atoms with Crippen LogP contribution in [0, 0.1) is 17.2 Å². The van der Waals surface area contributed by atoms with Gasteiger partial charge in [0.1, 0.15) is 0 Å². The minimum Gasteiger partial charge on any atom is -0.316 e. The zero-order chi connectivity index (χ0) is 10.4. The smallest absolute Gasteiger partial charge is 0.0949 e. The second-order valence-electron chi connectivity index (χ2n) is 4.11. The van der Waals surface area contributed by atoms with Gasteiger partial charge in [0.05, 0.1) is 12.1 Å². The van der Waals surface area contributed by atoms with Crippen molar-refractivity contribution in [1.82, 2.24) is 10.2 Å². The maximum absolute atomic E-state index is 8.86. The average Bonchev–Trinajstić information content (AvgIpc) is 2.26. The molecule has 1 saturated heterocycles. The molecule has 2 unspecified atom stereocenters. The van der Waals surface area contributed by atoms with Gasteiger partial charge in [-0.3, -0.25) is 4.90 Å². The predicted molar refractivity (Wildman–Crippen MR) is 57.9 cm³/mol. The molecule has 1 aliphatic rings. The normalized spacial score (nSPS) is 24.6. The molecular formula is C11H21N3. The molecule has 0 aromatic heterocycles. The van der Waals surface area contributed by atoms with E-state index in [0.29, 0.717) is 0 Å². The Morgan fingerprint density at radius 3 is 2.93 bits per heavy atom. The first kappa shape index (κ1) is 11.5. The Balaban J connectivity index is 2.35. The summed E-state index contributed by atoms with van der Waals surface area (Å²) in [6.07, 6.45) is 2.59. The summed E-state index contributed by atoms with van der Waals surface area (Å²) < 4.78 is 0. The second kappa shape index (κ2) is 6.00. The Bertz CT molecular complexity index is 191. The molecule has 0 radical (unpaired) electrons. The van der Waals surface area contributed by atoms with Gasteiger partial charge in [0.15, 0.2) is 0 Å². The molecular weight excluding hydrogens is 174 g/mol. The minimum absolute atomic E-state index is 0.0573. The fraction of sp³-hybridized carbons (Fsp3) is 0.909. The van der Waals surface area contributed by atoms with Crippen LogP contribution in [0.25, 0.3) is 0 Å². The van der Waals surface area contributed by atoms with Crippen molar-refractivity contribution < 1.29 is 0 Å². The maximum Gasteiger partial charge on any atom is 0.0949 e. The molecule has 1 fully saturated rings. The van der Waals surface area contributed by atoms with Crippen LogP contribution in [0.15, 0.2) is 0 Å². The highest BCUT2D eigenvalue weighted by molar-refractivity contribution is 4.88. The van der Waals surface area contributed by atoms with Gasteiger partial charge in [-0.1, -0.05) is 6.92 Å². The molecule has 1 rings (SSSR count). The lowest BCUT2D eigenvalue weighted by molar-refractivity contribution is 0.196. The average molecular weight is 195 g/mol. The van der Waals surface area contributed by atoms with Crippen LogP contribution in [0.2, 0.25) is 0 Å². The van der Waals surface area contributed by atoms with E-state index in [2.05, 4.69) is 23.2 Å². The van der Waals surface area contributed by atoms with Crippen molar-refractivity contribution in [2.45, 2.75) is 32.7 Å². The summed E-state index contributed by atoms with van der Waals surface area (Å²) in [6.45, 7) is 8.44. The van der Waals surface area contributed by atoms with E-state index in [4.69, 9.17) is 5.26 Å². The standard InChI is InChI=1S/C11H21N3/c1-3-14(10(2)7-12)9-11-5-4-6-13-8-11/h10-11,13H,3-6,8-9H2,1-2H3. The highest BCUT2D eigenvalue weighted by Gasteiger charge is 2.18. The number of rotatable bonds is 4. The predicted octanol–water partition coefficient (Wildman–Crippen LogP) is 1.22. The third kappa shape index (κ3) is 3.28. The van der Waals surface area contributed by atoms with Gasteiger partial charge in [0, 0.05) is 6.54 Å². The summed E-state index contributed by atoms with van der Waals surface area (Å²) in [4.78, 5) is 2.26. The van der Waals surface area contributed by atoms with Crippen molar-refractivity contribution in [3.05, 3.63) is 0 Å². The summed E-state index contributed by atoms with van der Waals surface area (Å²) in [5.74, 6) is 0.736. The highest BCUT2D eigenvalue weighted by Crippen LogP contribution is 2.13. The molecule has 0 spiro atoms. The van der Waals surface area contributed by atoms with Gasteiger partial charge in [-0.2, -0.15) is 5.26 Å². The summed E-state index contributed by atoms with van der Waals surface area (Å²) >= 11 is 0. The number of nitriles is 1. The van der Waals surface area contributed by atoms with Crippen LogP contribution in [-0.2, 0) is 0 Å². The third-order valence-electron chi connectivity index (χ3n) is 3.03. The van der Waals surface area contributed by atoms with Crippen LogP contribution in [0.1, 0.15) is 26.7 Å². The topological polar surface area (TPSA) is 39.1 Å². The van der Waals surface area contributed by atoms with E-state index in [1.54, 1.807) is 0 Å². The third-order valence-corrected chi connectivity index (χ3v) is 3.03. The quantitative estimate of drug-likeness (QED) is 0.733. The maximum atomic E-state index is 8.86. The fourth-order valence-corrected chi connectivity index (χ4v) is 2.05. The monoisotopic (exact) mass is 195 g/mol. The van der Waals surface area contributed by atoms with E-state index in [1.807, 2.05) is 6.92 Å². The number of nitrogens with one attached hydrogen (secondary N) is 1. The van der Waals surface area contributed by atoms with Crippen LogP contribution in [0.5, 0.6) is 0 Å². The number of piperidine rings is 1. The SMILES string of the molecule is CCN(CC1CCCNC1)C(C)C#N. The van der Waals surface area contributed by atoms with Crippen molar-refractivity contribution in [2.75, 3.05) is 26.2 Å². The van der Waals surface area contributed by atoms with Gasteiger partial charge in [-0.25, -0.2) is 0 Å². The summed E-state index contributed by atoms with van der Waals surface area (Å²) in [5, 5.41) is 12.3. The van der Waals surface area contributed by atoms with Gasteiger partial charge in [-0.15, -0.1) is 0 Å². The van der Waals surface area contributed by atoms with Crippen LogP contribution in [0.4, 0.5) is 0 Å². The van der Waals surface area contributed by atoms with Gasteiger partial charge < -0.3 is 5.32 Å². The Kier molecular flexibility index (Phi) is 4.92. The molecule has 80 valence electrons. The molecule has 2 atom stereocenters. The fourth-order valence-electron chi connectivity index (χ4n) is 2.05. The molecule has 0 aromatic rings. The van der Waals surface area contributed by atoms with E-state index in [0.717, 1.165) is 32.1 Å². The van der Waals surface area contributed by atoms with Gasteiger partial charge >= 0.3 is 0 Å². The summed E-state index contributed by atoms with van der Waals surface area (Å²) in [5.41, 5.74) is 0. The Labute approximate surface area is 87.1 Å². The lowest BCUT2D eigenvalue weighted by atomic mass is 9.98. The largest absolute Gasteiger partial charge is 0.316 e. The van der Waals surface area contributed by atoms with Crippen LogP contribution in [-0.4, -0.2) is 37.1 Å². The van der Waals surface area contributed by atoms with E-state index in [-0.39, 0.29) is 6.04 Å². The molecule has 1 aliphatic heterocycles. The summed E-state index contributed by atoms with van der Waals surface area (Å²) in [7, 11) is 0. The second-order valence-corrected chi connectivity index (χ2v) is 4.11. The Hall–Kier alpha value is -0.590. The van der Waals surface area contributed by atoms with Gasteiger partial charge in [0.25, 0.3) is 0 Å². The zero-order valence-electron chi connectivity index (χ0n) is 9.29. The lowest BCUT2D eigenvalue weighted by Gasteiger charge is -2.30. The van der Waals surface area contributed by atoms with E-state index >= 15 is 0 Å². The van der Waals surface area contributed by atoms with Gasteiger partial charge in [-0.05, 0) is 45.3 Å². The molecule has 14 heavy (non-hydrogen) atoms. The Morgan fingerprint density at radius 1 is 1.64 bits per heavy atom. The lowest BCUT2D eigenvalue weighted by Crippen LogP contribution is -2.41. The Morgan fingerprint density at radius 2 is 2.43 bits per heavy atom. The van der Waals surface area contributed by atoms with E-state index in [9.17, 15) is 0 Å².